The number of fused-ring (bicyclic) bond motifs is 1. The number of carbonyl (C=O) groups excluding carboxylic acids is 1. The van der Waals surface area contributed by atoms with Crippen molar-refractivity contribution in [2.24, 2.45) is 11.8 Å². The minimum absolute atomic E-state index is 0.0966. The summed E-state index contributed by atoms with van der Waals surface area (Å²) in [6, 6.07) is 10.00. The SMILES string of the molecule is CC1CC2CCCCC2N(C(=O)c2cccc(-c3ccncc3)n2)C1. The maximum Gasteiger partial charge on any atom is 0.272 e. The molecule has 3 unspecified atom stereocenters. The molecule has 4 heteroatoms. The molecule has 4 nitrogen and oxygen atoms in total. The second-order valence-electron chi connectivity index (χ2n) is 7.55. The van der Waals surface area contributed by atoms with Gasteiger partial charge in [0.05, 0.1) is 5.69 Å². The van der Waals surface area contributed by atoms with Crippen LogP contribution < -0.4 is 0 Å². The van der Waals surface area contributed by atoms with E-state index in [1.54, 1.807) is 12.4 Å². The third kappa shape index (κ3) is 3.30. The molecular formula is C21H25N3O. The standard InChI is InChI=1S/C21H25N3O/c1-15-13-17-5-2-3-8-20(17)24(14-15)21(25)19-7-4-6-18(23-19)16-9-11-22-12-10-16/h4,6-7,9-12,15,17,20H,2-3,5,8,13-14H2,1H3. The van der Waals surface area contributed by atoms with Gasteiger partial charge in [0, 0.05) is 30.5 Å². The third-order valence-corrected chi connectivity index (χ3v) is 5.69. The van der Waals surface area contributed by atoms with Crippen LogP contribution in [0.1, 0.15) is 49.5 Å². The number of hydrogen-bond donors (Lipinski definition) is 0. The lowest BCUT2D eigenvalue weighted by molar-refractivity contribution is 0.0253. The first-order valence-electron chi connectivity index (χ1n) is 9.41. The summed E-state index contributed by atoms with van der Waals surface area (Å²) in [6.07, 6.45) is 9.74. The van der Waals surface area contributed by atoms with E-state index in [1.165, 1.54) is 25.7 Å². The van der Waals surface area contributed by atoms with Gasteiger partial charge in [0.25, 0.3) is 5.91 Å². The van der Waals surface area contributed by atoms with Crippen LogP contribution in [0.5, 0.6) is 0 Å². The van der Waals surface area contributed by atoms with E-state index < -0.39 is 0 Å². The Kier molecular flexibility index (Phi) is 4.51. The largest absolute Gasteiger partial charge is 0.334 e. The van der Waals surface area contributed by atoms with Crippen LogP contribution in [0.4, 0.5) is 0 Å². The summed E-state index contributed by atoms with van der Waals surface area (Å²) < 4.78 is 0. The van der Waals surface area contributed by atoms with E-state index in [2.05, 4.69) is 21.8 Å². The predicted octanol–water partition coefficient (Wildman–Crippen LogP) is 4.18. The fourth-order valence-electron chi connectivity index (χ4n) is 4.55. The van der Waals surface area contributed by atoms with Gasteiger partial charge >= 0.3 is 0 Å². The minimum atomic E-state index is 0.0966. The lowest BCUT2D eigenvalue weighted by atomic mass is 9.75. The van der Waals surface area contributed by atoms with E-state index >= 15 is 0 Å². The van der Waals surface area contributed by atoms with Crippen molar-refractivity contribution in [2.45, 2.75) is 45.1 Å². The average Bonchev–Trinajstić information content (AvgIpc) is 2.67. The number of likely N-dealkylation sites (tertiary alicyclic amines) is 1. The Labute approximate surface area is 149 Å². The zero-order valence-corrected chi connectivity index (χ0v) is 14.8. The van der Waals surface area contributed by atoms with Gasteiger partial charge in [-0.25, -0.2) is 4.98 Å². The molecule has 3 heterocycles. The number of aromatic nitrogens is 2. The molecule has 0 spiro atoms. The zero-order chi connectivity index (χ0) is 17.2. The molecular weight excluding hydrogens is 310 g/mol. The molecule has 0 aromatic carbocycles. The van der Waals surface area contributed by atoms with Crippen molar-refractivity contribution in [3.8, 4) is 11.3 Å². The summed E-state index contributed by atoms with van der Waals surface area (Å²) >= 11 is 0. The van der Waals surface area contributed by atoms with Gasteiger partial charge in [-0.05, 0) is 55.4 Å². The normalized spacial score (nSPS) is 26.1. The highest BCUT2D eigenvalue weighted by atomic mass is 16.2. The Morgan fingerprint density at radius 3 is 2.76 bits per heavy atom. The van der Waals surface area contributed by atoms with Crippen LogP contribution in [-0.4, -0.2) is 33.4 Å². The van der Waals surface area contributed by atoms with Crippen LogP contribution in [0.2, 0.25) is 0 Å². The van der Waals surface area contributed by atoms with Crippen LogP contribution >= 0.6 is 0 Å². The molecule has 2 aliphatic rings. The number of nitrogens with zero attached hydrogens (tertiary/aromatic N) is 3. The molecule has 2 aromatic heterocycles. The summed E-state index contributed by atoms with van der Waals surface area (Å²) in [5.41, 5.74) is 2.39. The van der Waals surface area contributed by atoms with Gasteiger partial charge in [-0.1, -0.05) is 25.8 Å². The maximum absolute atomic E-state index is 13.2. The third-order valence-electron chi connectivity index (χ3n) is 5.69. The topological polar surface area (TPSA) is 46.1 Å². The van der Waals surface area contributed by atoms with Crippen LogP contribution in [0.25, 0.3) is 11.3 Å². The lowest BCUT2D eigenvalue weighted by Crippen LogP contribution is -2.52. The van der Waals surface area contributed by atoms with Gasteiger partial charge in [0.1, 0.15) is 5.69 Å². The molecule has 2 fully saturated rings. The monoisotopic (exact) mass is 335 g/mol. The lowest BCUT2D eigenvalue weighted by Gasteiger charge is -2.46. The number of carbonyl (C=O) groups is 1. The Bertz CT molecular complexity index is 746. The number of hydrogen-bond acceptors (Lipinski definition) is 3. The molecule has 130 valence electrons. The summed E-state index contributed by atoms with van der Waals surface area (Å²) in [6.45, 7) is 3.13. The van der Waals surface area contributed by atoms with Gasteiger partial charge in [-0.15, -0.1) is 0 Å². The first kappa shape index (κ1) is 16.2. The highest BCUT2D eigenvalue weighted by Crippen LogP contribution is 2.38. The highest BCUT2D eigenvalue weighted by molar-refractivity contribution is 5.93. The molecule has 1 aliphatic carbocycles. The Balaban J connectivity index is 1.62. The quantitative estimate of drug-likeness (QED) is 0.827. The number of pyridine rings is 2. The van der Waals surface area contributed by atoms with Gasteiger partial charge in [0.2, 0.25) is 0 Å². The molecule has 25 heavy (non-hydrogen) atoms. The van der Waals surface area contributed by atoms with Crippen molar-refractivity contribution in [3.63, 3.8) is 0 Å². The van der Waals surface area contributed by atoms with Crippen LogP contribution in [-0.2, 0) is 0 Å². The van der Waals surface area contributed by atoms with E-state index in [-0.39, 0.29) is 5.91 Å². The van der Waals surface area contributed by atoms with Crippen molar-refractivity contribution >= 4 is 5.91 Å². The van der Waals surface area contributed by atoms with Gasteiger partial charge in [0.15, 0.2) is 0 Å². The van der Waals surface area contributed by atoms with Crippen molar-refractivity contribution in [1.82, 2.24) is 14.9 Å². The number of amides is 1. The van der Waals surface area contributed by atoms with Crippen LogP contribution in [0.15, 0.2) is 42.7 Å². The van der Waals surface area contributed by atoms with Crippen molar-refractivity contribution in [3.05, 3.63) is 48.4 Å². The molecule has 1 amide bonds. The number of piperidine rings is 1. The van der Waals surface area contributed by atoms with Crippen molar-refractivity contribution in [2.75, 3.05) is 6.54 Å². The second-order valence-corrected chi connectivity index (χ2v) is 7.55. The van der Waals surface area contributed by atoms with Gasteiger partial charge in [-0.2, -0.15) is 0 Å². The first-order valence-corrected chi connectivity index (χ1v) is 9.41. The summed E-state index contributed by atoms with van der Waals surface area (Å²) in [5, 5.41) is 0. The molecule has 1 aliphatic heterocycles. The Morgan fingerprint density at radius 1 is 1.12 bits per heavy atom. The molecule has 4 rings (SSSR count). The Hall–Kier alpha value is -2.23. The molecule has 0 radical (unpaired) electrons. The highest BCUT2D eigenvalue weighted by Gasteiger charge is 2.38. The average molecular weight is 335 g/mol. The molecule has 0 N–H and O–H groups in total. The predicted molar refractivity (Wildman–Crippen MR) is 98.0 cm³/mol. The van der Waals surface area contributed by atoms with E-state index in [0.29, 0.717) is 23.6 Å². The minimum Gasteiger partial charge on any atom is -0.334 e. The molecule has 3 atom stereocenters. The maximum atomic E-state index is 13.2. The number of rotatable bonds is 2. The fourth-order valence-corrected chi connectivity index (χ4v) is 4.55. The van der Waals surface area contributed by atoms with E-state index in [9.17, 15) is 4.79 Å². The summed E-state index contributed by atoms with van der Waals surface area (Å²) in [4.78, 5) is 24.1. The summed E-state index contributed by atoms with van der Waals surface area (Å²) in [7, 11) is 0. The second kappa shape index (κ2) is 6.95. The molecule has 1 saturated carbocycles. The summed E-state index contributed by atoms with van der Waals surface area (Å²) in [5.74, 6) is 1.34. The fraction of sp³-hybridized carbons (Fsp3) is 0.476. The van der Waals surface area contributed by atoms with Gasteiger partial charge < -0.3 is 4.90 Å². The first-order chi connectivity index (χ1) is 12.2. The van der Waals surface area contributed by atoms with E-state index in [0.717, 1.165) is 24.2 Å². The van der Waals surface area contributed by atoms with Gasteiger partial charge in [-0.3, -0.25) is 9.78 Å². The Morgan fingerprint density at radius 2 is 1.92 bits per heavy atom. The van der Waals surface area contributed by atoms with E-state index in [4.69, 9.17) is 0 Å². The van der Waals surface area contributed by atoms with Crippen LogP contribution in [0.3, 0.4) is 0 Å². The molecule has 2 aromatic rings. The zero-order valence-electron chi connectivity index (χ0n) is 14.8. The van der Waals surface area contributed by atoms with E-state index in [1.807, 2.05) is 30.3 Å². The van der Waals surface area contributed by atoms with Crippen molar-refractivity contribution < 1.29 is 4.79 Å². The van der Waals surface area contributed by atoms with Crippen molar-refractivity contribution in [1.29, 1.82) is 0 Å². The molecule has 1 saturated heterocycles. The van der Waals surface area contributed by atoms with Crippen LogP contribution in [0, 0.1) is 11.8 Å². The molecule has 0 bridgehead atoms. The smallest absolute Gasteiger partial charge is 0.272 e.